The number of hydrogen-bond acceptors (Lipinski definition) is 2. The Hall–Kier alpha value is 0.682. The van der Waals surface area contributed by atoms with Crippen LogP contribution >= 0.6 is 7.60 Å². The maximum absolute atomic E-state index is 11.9. The van der Waals surface area contributed by atoms with E-state index in [1.807, 2.05) is 0 Å². The molecule has 0 fully saturated rings. The average Bonchev–Trinajstić information content (AvgIpc) is 2.55. The van der Waals surface area contributed by atoms with Crippen molar-refractivity contribution in [3.8, 4) is 0 Å². The molecule has 152 valence electrons. The van der Waals surface area contributed by atoms with E-state index in [2.05, 4.69) is 13.8 Å². The summed E-state index contributed by atoms with van der Waals surface area (Å²) in [6.07, 6.45) is 19.7. The molecule has 3 nitrogen and oxygen atoms in total. The van der Waals surface area contributed by atoms with E-state index < -0.39 is 7.60 Å². The predicted octanol–water partition coefficient (Wildman–Crippen LogP) is 7.47. The molecule has 0 spiro atoms. The average molecular weight is 415 g/mol. The van der Waals surface area contributed by atoms with Crippen LogP contribution in [0.4, 0.5) is 0 Å². The fraction of sp³-hybridized carbons (Fsp3) is 1.00. The van der Waals surface area contributed by atoms with E-state index in [1.54, 1.807) is 0 Å². The Morgan fingerprint density at radius 3 is 1.44 bits per heavy atom. The van der Waals surface area contributed by atoms with Crippen LogP contribution in [0.2, 0.25) is 0 Å². The van der Waals surface area contributed by atoms with Crippen molar-refractivity contribution in [2.75, 3.05) is 12.8 Å². The van der Waals surface area contributed by atoms with Gasteiger partial charge in [0.25, 0.3) is 0 Å². The van der Waals surface area contributed by atoms with E-state index in [0.29, 0.717) is 12.8 Å². The van der Waals surface area contributed by atoms with E-state index in [0.717, 1.165) is 25.7 Å². The van der Waals surface area contributed by atoms with Gasteiger partial charge in [-0.2, -0.15) is 0 Å². The van der Waals surface area contributed by atoms with Gasteiger partial charge < -0.3 is 9.42 Å². The zero-order valence-corrected chi connectivity index (χ0v) is 19.0. The van der Waals surface area contributed by atoms with Crippen LogP contribution in [0.15, 0.2) is 0 Å². The summed E-state index contributed by atoms with van der Waals surface area (Å²) in [6, 6.07) is 0. The van der Waals surface area contributed by atoms with Gasteiger partial charge in [0, 0.05) is 23.5 Å². The van der Waals surface area contributed by atoms with Crippen LogP contribution in [0.1, 0.15) is 117 Å². The molecular formula is C20H43CrO3P. The summed E-state index contributed by atoms with van der Waals surface area (Å²) >= 11 is 0. The minimum atomic E-state index is -3.33. The Kier molecular flexibility index (Phi) is 23.4. The maximum Gasteiger partial charge on any atom is 0.328 e. The number of hydrogen-bond donors (Lipinski definition) is 1. The molecule has 5 heteroatoms. The third-order valence-electron chi connectivity index (χ3n) is 4.59. The smallest absolute Gasteiger partial charge is 0.324 e. The third kappa shape index (κ3) is 22.6. The molecule has 0 aromatic carbocycles. The fourth-order valence-corrected chi connectivity index (χ4v) is 4.12. The molecule has 0 heterocycles. The van der Waals surface area contributed by atoms with Crippen molar-refractivity contribution in [2.45, 2.75) is 117 Å². The van der Waals surface area contributed by atoms with Crippen LogP contribution < -0.4 is 0 Å². The quantitative estimate of drug-likeness (QED) is 0.176. The predicted molar refractivity (Wildman–Crippen MR) is 106 cm³/mol. The molecular weight excluding hydrogens is 371 g/mol. The molecule has 1 unspecified atom stereocenters. The van der Waals surface area contributed by atoms with E-state index in [9.17, 15) is 9.46 Å². The molecule has 0 aliphatic rings. The Balaban J connectivity index is 0. The maximum atomic E-state index is 11.9. The SMILES string of the molecule is CCCCCCCCCCOP(=O)(O)CCCCCCCCCC.[Cr]. The van der Waals surface area contributed by atoms with Crippen LogP contribution in [-0.4, -0.2) is 17.7 Å². The molecule has 0 aromatic rings. The first kappa shape index (κ1) is 27.9. The Labute approximate surface area is 168 Å². The van der Waals surface area contributed by atoms with Crippen molar-refractivity contribution in [1.29, 1.82) is 0 Å². The van der Waals surface area contributed by atoms with E-state index in [4.69, 9.17) is 4.52 Å². The minimum absolute atomic E-state index is 0. The van der Waals surface area contributed by atoms with Crippen LogP contribution in [0.3, 0.4) is 0 Å². The van der Waals surface area contributed by atoms with Crippen molar-refractivity contribution in [1.82, 2.24) is 0 Å². The molecule has 0 bridgehead atoms. The largest absolute Gasteiger partial charge is 0.328 e. The van der Waals surface area contributed by atoms with Crippen LogP contribution in [0.5, 0.6) is 0 Å². The first-order chi connectivity index (χ1) is 11.6. The summed E-state index contributed by atoms with van der Waals surface area (Å²) in [6.45, 7) is 4.91. The van der Waals surface area contributed by atoms with Gasteiger partial charge in [0.1, 0.15) is 0 Å². The Bertz CT molecular complexity index is 301. The van der Waals surface area contributed by atoms with Gasteiger partial charge in [-0.1, -0.05) is 104 Å². The van der Waals surface area contributed by atoms with Gasteiger partial charge in [-0.15, -0.1) is 0 Å². The summed E-state index contributed by atoms with van der Waals surface area (Å²) in [5.74, 6) is 0. The second kappa shape index (κ2) is 21.0. The van der Waals surface area contributed by atoms with Gasteiger partial charge in [-0.3, -0.25) is 4.57 Å². The number of unbranched alkanes of at least 4 members (excludes halogenated alkanes) is 14. The van der Waals surface area contributed by atoms with Gasteiger partial charge in [0.05, 0.1) is 6.61 Å². The molecule has 0 aliphatic heterocycles. The second-order valence-electron chi connectivity index (χ2n) is 7.14. The topological polar surface area (TPSA) is 46.5 Å². The van der Waals surface area contributed by atoms with Crippen molar-refractivity contribution in [2.24, 2.45) is 0 Å². The van der Waals surface area contributed by atoms with Crippen LogP contribution in [0.25, 0.3) is 0 Å². The van der Waals surface area contributed by atoms with Gasteiger partial charge >= 0.3 is 7.60 Å². The van der Waals surface area contributed by atoms with E-state index in [1.165, 1.54) is 77.0 Å². The summed E-state index contributed by atoms with van der Waals surface area (Å²) in [5, 5.41) is 0. The molecule has 0 aliphatic carbocycles. The molecule has 0 saturated carbocycles. The fourth-order valence-electron chi connectivity index (χ4n) is 2.95. The van der Waals surface area contributed by atoms with Gasteiger partial charge in [0.15, 0.2) is 0 Å². The monoisotopic (exact) mass is 414 g/mol. The zero-order chi connectivity index (χ0) is 17.9. The van der Waals surface area contributed by atoms with Gasteiger partial charge in [-0.25, -0.2) is 0 Å². The zero-order valence-electron chi connectivity index (χ0n) is 16.8. The molecule has 0 radical (unpaired) electrons. The Morgan fingerprint density at radius 1 is 0.640 bits per heavy atom. The normalized spacial score (nSPS) is 13.4. The molecule has 1 atom stereocenters. The summed E-state index contributed by atoms with van der Waals surface area (Å²) in [5.41, 5.74) is 0. The van der Waals surface area contributed by atoms with Crippen molar-refractivity contribution in [3.63, 3.8) is 0 Å². The van der Waals surface area contributed by atoms with Crippen molar-refractivity contribution >= 4 is 7.60 Å². The third-order valence-corrected chi connectivity index (χ3v) is 6.05. The molecule has 0 aromatic heterocycles. The minimum Gasteiger partial charge on any atom is -0.324 e. The first-order valence-corrected chi connectivity index (χ1v) is 12.3. The Morgan fingerprint density at radius 2 is 1.00 bits per heavy atom. The van der Waals surface area contributed by atoms with Crippen LogP contribution in [0, 0.1) is 0 Å². The summed E-state index contributed by atoms with van der Waals surface area (Å²) in [4.78, 5) is 9.82. The summed E-state index contributed by atoms with van der Waals surface area (Å²) in [7, 11) is -3.33. The van der Waals surface area contributed by atoms with E-state index in [-0.39, 0.29) is 17.4 Å². The van der Waals surface area contributed by atoms with Crippen molar-refractivity contribution < 1.29 is 31.3 Å². The summed E-state index contributed by atoms with van der Waals surface area (Å²) < 4.78 is 17.2. The molecule has 0 rings (SSSR count). The molecule has 25 heavy (non-hydrogen) atoms. The van der Waals surface area contributed by atoms with E-state index >= 15 is 0 Å². The second-order valence-corrected chi connectivity index (χ2v) is 9.12. The van der Waals surface area contributed by atoms with Crippen molar-refractivity contribution in [3.05, 3.63) is 0 Å². The van der Waals surface area contributed by atoms with Gasteiger partial charge in [0.2, 0.25) is 0 Å². The first-order valence-electron chi connectivity index (χ1n) is 10.6. The standard InChI is InChI=1S/C20H43O3P.Cr/c1-3-5-7-9-11-13-15-17-19-23-24(21,22)20-18-16-14-12-10-8-6-4-2;/h3-20H2,1-2H3,(H,21,22);. The van der Waals surface area contributed by atoms with Gasteiger partial charge in [-0.05, 0) is 12.8 Å². The molecule has 0 saturated heterocycles. The molecule has 1 N–H and O–H groups in total. The number of rotatable bonds is 19. The molecule has 0 amide bonds. The van der Waals surface area contributed by atoms with Crippen LogP contribution in [-0.2, 0) is 26.4 Å².